The van der Waals surface area contributed by atoms with E-state index in [-0.39, 0.29) is 17.1 Å². The van der Waals surface area contributed by atoms with Crippen molar-refractivity contribution in [2.24, 2.45) is 0 Å². The molecule has 0 aliphatic heterocycles. The van der Waals surface area contributed by atoms with Crippen LogP contribution in [0, 0.1) is 0 Å². The van der Waals surface area contributed by atoms with Gasteiger partial charge in [0.05, 0.1) is 5.75 Å². The first-order valence-corrected chi connectivity index (χ1v) is 4.49. The Bertz CT molecular complexity index is 386. The van der Waals surface area contributed by atoms with Crippen LogP contribution < -0.4 is 9.84 Å². The summed E-state index contributed by atoms with van der Waals surface area (Å²) in [7, 11) is 0. The number of hydrogen-bond acceptors (Lipinski definition) is 4. The Labute approximate surface area is 88.6 Å². The summed E-state index contributed by atoms with van der Waals surface area (Å²) in [5.41, 5.74) is 0.198. The van der Waals surface area contributed by atoms with E-state index in [1.807, 2.05) is 0 Å². The van der Waals surface area contributed by atoms with Crippen LogP contribution in [0.1, 0.15) is 17.3 Å². The van der Waals surface area contributed by atoms with Gasteiger partial charge in [-0.2, -0.15) is 0 Å². The van der Waals surface area contributed by atoms with Gasteiger partial charge in [-0.3, -0.25) is 4.79 Å². The van der Waals surface area contributed by atoms with Crippen molar-refractivity contribution in [1.82, 2.24) is 0 Å². The number of Topliss-reactive ketones (excluding diaryl/α,β-unsaturated/α-hetero) is 1. The SMILES string of the molecule is CC(=O)c1cc(Br)ccc1OC(=O)[O-]. The number of hydrogen-bond donors (Lipinski definition) is 0. The van der Waals surface area contributed by atoms with Gasteiger partial charge in [0, 0.05) is 10.0 Å². The van der Waals surface area contributed by atoms with Gasteiger partial charge in [0.15, 0.2) is 5.78 Å². The molecule has 0 spiro atoms. The second-order valence-electron chi connectivity index (χ2n) is 2.55. The Morgan fingerprint density at radius 1 is 1.43 bits per heavy atom. The molecule has 0 saturated carbocycles. The number of halogens is 1. The number of rotatable bonds is 2. The zero-order valence-electron chi connectivity index (χ0n) is 7.24. The molecule has 1 aromatic carbocycles. The van der Waals surface area contributed by atoms with E-state index in [2.05, 4.69) is 20.7 Å². The lowest BCUT2D eigenvalue weighted by Crippen LogP contribution is -2.27. The number of ketones is 1. The lowest BCUT2D eigenvalue weighted by Gasteiger charge is -2.11. The summed E-state index contributed by atoms with van der Waals surface area (Å²) in [6.45, 7) is 1.32. The molecule has 74 valence electrons. The van der Waals surface area contributed by atoms with E-state index >= 15 is 0 Å². The standard InChI is InChI=1S/C9H7BrO4/c1-5(11)7-4-6(10)2-3-8(7)14-9(12)13/h2-4H,1H3,(H,12,13)/p-1. The molecular formula is C9H6BrO4-. The summed E-state index contributed by atoms with van der Waals surface area (Å²) in [5.74, 6) is -0.289. The molecule has 4 nitrogen and oxygen atoms in total. The topological polar surface area (TPSA) is 66.4 Å². The zero-order valence-corrected chi connectivity index (χ0v) is 8.83. The summed E-state index contributed by atoms with van der Waals surface area (Å²) in [4.78, 5) is 21.3. The predicted molar refractivity (Wildman–Crippen MR) is 50.2 cm³/mol. The number of benzene rings is 1. The highest BCUT2D eigenvalue weighted by molar-refractivity contribution is 9.10. The number of carboxylic acid groups (broad SMARTS) is 1. The van der Waals surface area contributed by atoms with Crippen LogP contribution in [0.25, 0.3) is 0 Å². The van der Waals surface area contributed by atoms with Crippen molar-refractivity contribution >= 4 is 27.9 Å². The van der Waals surface area contributed by atoms with Gasteiger partial charge >= 0.3 is 0 Å². The average Bonchev–Trinajstić information content (AvgIpc) is 2.07. The molecule has 0 aliphatic carbocycles. The van der Waals surface area contributed by atoms with E-state index in [0.29, 0.717) is 4.47 Å². The van der Waals surface area contributed by atoms with Crippen LogP contribution in [0.15, 0.2) is 22.7 Å². The predicted octanol–water partition coefficient (Wildman–Crippen LogP) is 1.37. The molecule has 0 aliphatic rings. The molecule has 0 amide bonds. The second kappa shape index (κ2) is 4.23. The maximum absolute atomic E-state index is 11.1. The third kappa shape index (κ3) is 2.56. The number of carbonyl (C=O) groups is 2. The van der Waals surface area contributed by atoms with E-state index in [9.17, 15) is 14.7 Å². The van der Waals surface area contributed by atoms with Crippen molar-refractivity contribution in [3.63, 3.8) is 0 Å². The zero-order chi connectivity index (χ0) is 10.7. The highest BCUT2D eigenvalue weighted by Crippen LogP contribution is 2.23. The summed E-state index contributed by atoms with van der Waals surface area (Å²) in [6.07, 6.45) is -1.69. The second-order valence-corrected chi connectivity index (χ2v) is 3.46. The Balaban J connectivity index is 3.14. The van der Waals surface area contributed by atoms with Crippen LogP contribution in [0.5, 0.6) is 5.75 Å². The van der Waals surface area contributed by atoms with Gasteiger partial charge in [0.2, 0.25) is 0 Å². The minimum atomic E-state index is -1.69. The molecule has 0 atom stereocenters. The van der Waals surface area contributed by atoms with Crippen LogP contribution in [-0.4, -0.2) is 11.9 Å². The lowest BCUT2D eigenvalue weighted by molar-refractivity contribution is -0.271. The lowest BCUT2D eigenvalue weighted by atomic mass is 10.1. The molecule has 0 unspecified atom stereocenters. The minimum Gasteiger partial charge on any atom is -0.513 e. The van der Waals surface area contributed by atoms with Gasteiger partial charge in [-0.1, -0.05) is 15.9 Å². The molecule has 14 heavy (non-hydrogen) atoms. The van der Waals surface area contributed by atoms with Crippen LogP contribution in [0.4, 0.5) is 4.79 Å². The van der Waals surface area contributed by atoms with Crippen LogP contribution in [0.2, 0.25) is 0 Å². The Morgan fingerprint density at radius 2 is 2.07 bits per heavy atom. The van der Waals surface area contributed by atoms with Crippen LogP contribution >= 0.6 is 15.9 Å². The fourth-order valence-corrected chi connectivity index (χ4v) is 1.32. The van der Waals surface area contributed by atoms with Crippen molar-refractivity contribution in [2.75, 3.05) is 0 Å². The maximum Gasteiger partial charge on any atom is 0.257 e. The number of carbonyl (C=O) groups excluding carboxylic acids is 2. The summed E-state index contributed by atoms with van der Waals surface area (Å²) in [6, 6.07) is 4.45. The van der Waals surface area contributed by atoms with E-state index in [4.69, 9.17) is 0 Å². The van der Waals surface area contributed by atoms with Crippen molar-refractivity contribution in [3.05, 3.63) is 28.2 Å². The fraction of sp³-hybridized carbons (Fsp3) is 0.111. The third-order valence-corrected chi connectivity index (χ3v) is 2.01. The highest BCUT2D eigenvalue weighted by Gasteiger charge is 2.06. The summed E-state index contributed by atoms with van der Waals surface area (Å²) < 4.78 is 5.00. The van der Waals surface area contributed by atoms with Gasteiger partial charge in [0.25, 0.3) is 6.16 Å². The molecule has 0 radical (unpaired) electrons. The molecule has 0 fully saturated rings. The molecule has 0 saturated heterocycles. The molecule has 0 heterocycles. The highest BCUT2D eigenvalue weighted by atomic mass is 79.9. The Hall–Kier alpha value is -1.36. The van der Waals surface area contributed by atoms with Crippen molar-refractivity contribution in [2.45, 2.75) is 6.92 Å². The van der Waals surface area contributed by atoms with Crippen molar-refractivity contribution in [1.29, 1.82) is 0 Å². The van der Waals surface area contributed by atoms with Gasteiger partial charge < -0.3 is 14.6 Å². The van der Waals surface area contributed by atoms with Gasteiger partial charge in [0.1, 0.15) is 0 Å². The summed E-state index contributed by atoms with van der Waals surface area (Å²) in [5, 5.41) is 10.2. The largest absolute Gasteiger partial charge is 0.513 e. The van der Waals surface area contributed by atoms with Gasteiger partial charge in [-0.25, -0.2) is 0 Å². The maximum atomic E-state index is 11.1. The van der Waals surface area contributed by atoms with Crippen LogP contribution in [0.3, 0.4) is 0 Å². The Morgan fingerprint density at radius 3 is 2.57 bits per heavy atom. The first-order chi connectivity index (χ1) is 6.50. The third-order valence-electron chi connectivity index (χ3n) is 1.51. The van der Waals surface area contributed by atoms with E-state index in [0.717, 1.165) is 0 Å². The number of ether oxygens (including phenoxy) is 1. The van der Waals surface area contributed by atoms with Crippen molar-refractivity contribution < 1.29 is 19.4 Å². The molecule has 1 aromatic rings. The molecule has 0 N–H and O–H groups in total. The fourth-order valence-electron chi connectivity index (χ4n) is 0.956. The monoisotopic (exact) mass is 257 g/mol. The van der Waals surface area contributed by atoms with Crippen molar-refractivity contribution in [3.8, 4) is 5.75 Å². The quantitative estimate of drug-likeness (QED) is 0.456. The molecule has 1 rings (SSSR count). The molecule has 0 bridgehead atoms. The van der Waals surface area contributed by atoms with Gasteiger partial charge in [-0.15, -0.1) is 0 Å². The van der Waals surface area contributed by atoms with Crippen LogP contribution in [-0.2, 0) is 0 Å². The first kappa shape index (κ1) is 10.7. The normalized spacial score (nSPS) is 9.57. The van der Waals surface area contributed by atoms with E-state index in [1.165, 1.54) is 19.1 Å². The summed E-state index contributed by atoms with van der Waals surface area (Å²) >= 11 is 3.16. The molecule has 5 heteroatoms. The van der Waals surface area contributed by atoms with Gasteiger partial charge in [-0.05, 0) is 25.1 Å². The minimum absolute atomic E-state index is 0.0132. The average molecular weight is 258 g/mol. The molecule has 0 aromatic heterocycles. The smallest absolute Gasteiger partial charge is 0.257 e. The first-order valence-electron chi connectivity index (χ1n) is 3.70. The molecular weight excluding hydrogens is 252 g/mol. The van der Waals surface area contributed by atoms with E-state index < -0.39 is 6.16 Å². The Kier molecular flexibility index (Phi) is 3.24. The van der Waals surface area contributed by atoms with E-state index in [1.54, 1.807) is 6.07 Å².